The van der Waals surface area contributed by atoms with Crippen LogP contribution in [0.1, 0.15) is 75.2 Å². The van der Waals surface area contributed by atoms with Crippen LogP contribution in [0.5, 0.6) is 5.75 Å². The van der Waals surface area contributed by atoms with Gasteiger partial charge in [0.1, 0.15) is 5.75 Å². The quantitative estimate of drug-likeness (QED) is 0.582. The number of carbonyl (C=O) groups is 1. The van der Waals surface area contributed by atoms with Gasteiger partial charge in [0.15, 0.2) is 0 Å². The SMILES string of the molecule is CC(C)(C)C(OCC12CC3CC(CC(C3)C1)C2)Oc1cc(C(=O)[O-])ccc1C(F)(F)F. The molecule has 4 saturated carbocycles. The van der Waals surface area contributed by atoms with E-state index in [1.165, 1.54) is 19.3 Å². The highest BCUT2D eigenvalue weighted by atomic mass is 19.4. The van der Waals surface area contributed by atoms with Crippen molar-refractivity contribution in [2.45, 2.75) is 71.8 Å². The number of carbonyl (C=O) groups excluding carboxylic acids is 1. The van der Waals surface area contributed by atoms with E-state index < -0.39 is 35.2 Å². The molecule has 4 bridgehead atoms. The molecule has 1 aromatic carbocycles. The zero-order valence-electron chi connectivity index (χ0n) is 18.3. The third-order valence-electron chi connectivity index (χ3n) is 7.17. The lowest BCUT2D eigenvalue weighted by molar-refractivity contribution is -0.255. The maximum atomic E-state index is 13.5. The molecule has 5 rings (SSSR count). The highest BCUT2D eigenvalue weighted by Gasteiger charge is 2.51. The molecule has 4 aliphatic rings. The average Bonchev–Trinajstić information content (AvgIpc) is 2.62. The second-order valence-electron chi connectivity index (χ2n) is 11.0. The molecule has 4 nitrogen and oxygen atoms in total. The first-order chi connectivity index (χ1) is 14.3. The van der Waals surface area contributed by atoms with Crippen molar-refractivity contribution in [1.82, 2.24) is 0 Å². The summed E-state index contributed by atoms with van der Waals surface area (Å²) in [7, 11) is 0. The smallest absolute Gasteiger partial charge is 0.419 e. The maximum absolute atomic E-state index is 13.5. The largest absolute Gasteiger partial charge is 0.545 e. The molecule has 0 saturated heterocycles. The van der Waals surface area contributed by atoms with Gasteiger partial charge in [-0.3, -0.25) is 0 Å². The molecule has 4 fully saturated rings. The fourth-order valence-corrected chi connectivity index (χ4v) is 6.28. The van der Waals surface area contributed by atoms with Gasteiger partial charge in [-0.2, -0.15) is 13.2 Å². The van der Waals surface area contributed by atoms with Gasteiger partial charge in [-0.25, -0.2) is 0 Å². The van der Waals surface area contributed by atoms with Crippen LogP contribution in [-0.2, 0) is 10.9 Å². The number of halogens is 3. The van der Waals surface area contributed by atoms with Crippen LogP contribution in [-0.4, -0.2) is 18.9 Å². The third-order valence-corrected chi connectivity index (χ3v) is 7.17. The van der Waals surface area contributed by atoms with E-state index >= 15 is 0 Å². The lowest BCUT2D eigenvalue weighted by Gasteiger charge is -2.57. The van der Waals surface area contributed by atoms with Crippen LogP contribution < -0.4 is 9.84 Å². The average molecular weight is 439 g/mol. The summed E-state index contributed by atoms with van der Waals surface area (Å²) in [5.41, 5.74) is -1.91. The number of alkyl halides is 3. The Hall–Kier alpha value is -1.76. The summed E-state index contributed by atoms with van der Waals surface area (Å²) in [6, 6.07) is 2.48. The summed E-state index contributed by atoms with van der Waals surface area (Å²) < 4.78 is 52.6. The molecular weight excluding hydrogens is 409 g/mol. The molecule has 0 radical (unpaired) electrons. The minimum absolute atomic E-state index is 0.0846. The lowest BCUT2D eigenvalue weighted by Crippen LogP contribution is -2.49. The van der Waals surface area contributed by atoms with Gasteiger partial charge in [0.25, 0.3) is 0 Å². The molecule has 0 aromatic heterocycles. The van der Waals surface area contributed by atoms with E-state index in [1.54, 1.807) is 0 Å². The van der Waals surface area contributed by atoms with Crippen LogP contribution in [0.3, 0.4) is 0 Å². The fourth-order valence-electron chi connectivity index (χ4n) is 6.28. The molecule has 0 aliphatic heterocycles. The molecule has 0 N–H and O–H groups in total. The summed E-state index contributed by atoms with van der Waals surface area (Å²) in [5, 5.41) is 11.2. The van der Waals surface area contributed by atoms with Gasteiger partial charge in [-0.05, 0) is 73.8 Å². The third kappa shape index (κ3) is 4.71. The van der Waals surface area contributed by atoms with E-state index in [9.17, 15) is 23.1 Å². The Bertz CT molecular complexity index is 805. The zero-order valence-corrected chi connectivity index (χ0v) is 18.3. The number of carboxylic acid groups (broad SMARTS) is 1. The first-order valence-corrected chi connectivity index (χ1v) is 11.1. The highest BCUT2D eigenvalue weighted by molar-refractivity contribution is 5.86. The Morgan fingerprint density at radius 1 is 1.10 bits per heavy atom. The Morgan fingerprint density at radius 3 is 2.10 bits per heavy atom. The van der Waals surface area contributed by atoms with E-state index in [2.05, 4.69) is 0 Å². The Morgan fingerprint density at radius 2 is 1.65 bits per heavy atom. The van der Waals surface area contributed by atoms with Crippen LogP contribution in [0.25, 0.3) is 0 Å². The Balaban J connectivity index is 1.56. The van der Waals surface area contributed by atoms with Crippen molar-refractivity contribution in [1.29, 1.82) is 0 Å². The maximum Gasteiger partial charge on any atom is 0.419 e. The molecule has 1 unspecified atom stereocenters. The predicted molar refractivity (Wildman–Crippen MR) is 106 cm³/mol. The van der Waals surface area contributed by atoms with Crippen molar-refractivity contribution >= 4 is 5.97 Å². The summed E-state index contributed by atoms with van der Waals surface area (Å²) in [6.45, 7) is 5.98. The minimum Gasteiger partial charge on any atom is -0.545 e. The standard InChI is InChI=1S/C24H31F3O4/c1-22(2,3)21(30-13-23-10-14-6-15(11-23)8-16(7-14)12-23)31-19-9-17(20(28)29)4-5-18(19)24(25,26)27/h4-5,9,14-16,21H,6-8,10-13H2,1-3H3,(H,28,29)/p-1. The van der Waals surface area contributed by atoms with Crippen molar-refractivity contribution in [3.05, 3.63) is 29.3 Å². The topological polar surface area (TPSA) is 58.6 Å². The van der Waals surface area contributed by atoms with Gasteiger partial charge in [-0.1, -0.05) is 26.8 Å². The highest BCUT2D eigenvalue weighted by Crippen LogP contribution is 2.60. The second kappa shape index (κ2) is 7.68. The normalized spacial score (nSPS) is 31.0. The number of ether oxygens (including phenoxy) is 2. The van der Waals surface area contributed by atoms with Crippen molar-refractivity contribution in [2.24, 2.45) is 28.6 Å². The van der Waals surface area contributed by atoms with Gasteiger partial charge < -0.3 is 19.4 Å². The number of aromatic carboxylic acids is 1. The minimum atomic E-state index is -4.68. The number of hydrogen-bond donors (Lipinski definition) is 0. The number of hydrogen-bond acceptors (Lipinski definition) is 4. The Labute approximate surface area is 181 Å². The summed E-state index contributed by atoms with van der Waals surface area (Å²) >= 11 is 0. The molecule has 7 heteroatoms. The van der Waals surface area contributed by atoms with Crippen molar-refractivity contribution in [3.63, 3.8) is 0 Å². The first kappa shape index (κ1) is 22.4. The van der Waals surface area contributed by atoms with Crippen LogP contribution in [0, 0.1) is 28.6 Å². The molecule has 1 atom stereocenters. The van der Waals surface area contributed by atoms with Gasteiger partial charge in [0.05, 0.1) is 18.1 Å². The number of rotatable bonds is 6. The summed E-state index contributed by atoms with van der Waals surface area (Å²) in [5.74, 6) is 0.112. The molecular formula is C24H30F3O4-. The van der Waals surface area contributed by atoms with E-state index in [4.69, 9.17) is 9.47 Å². The number of benzene rings is 1. The van der Waals surface area contributed by atoms with Crippen LogP contribution >= 0.6 is 0 Å². The van der Waals surface area contributed by atoms with Gasteiger partial charge >= 0.3 is 6.18 Å². The van der Waals surface area contributed by atoms with Crippen LogP contribution in [0.15, 0.2) is 18.2 Å². The van der Waals surface area contributed by atoms with Crippen molar-refractivity contribution < 1.29 is 32.5 Å². The molecule has 0 amide bonds. The van der Waals surface area contributed by atoms with Crippen molar-refractivity contribution in [2.75, 3.05) is 6.61 Å². The molecule has 1 aromatic rings. The first-order valence-electron chi connectivity index (χ1n) is 11.1. The molecule has 31 heavy (non-hydrogen) atoms. The van der Waals surface area contributed by atoms with E-state index in [0.29, 0.717) is 6.61 Å². The van der Waals surface area contributed by atoms with Gasteiger partial charge in [-0.15, -0.1) is 0 Å². The number of carboxylic acids is 1. The zero-order chi connectivity index (χ0) is 22.6. The fraction of sp³-hybridized carbons (Fsp3) is 0.708. The molecule has 0 heterocycles. The Kier molecular flexibility index (Phi) is 5.56. The molecule has 0 spiro atoms. The molecule has 4 aliphatic carbocycles. The van der Waals surface area contributed by atoms with E-state index in [-0.39, 0.29) is 11.0 Å². The predicted octanol–water partition coefficient (Wildman–Crippen LogP) is 5.05. The van der Waals surface area contributed by atoms with Crippen LogP contribution in [0.4, 0.5) is 13.2 Å². The van der Waals surface area contributed by atoms with Gasteiger partial charge in [0, 0.05) is 11.0 Å². The van der Waals surface area contributed by atoms with Gasteiger partial charge in [0.2, 0.25) is 6.29 Å². The van der Waals surface area contributed by atoms with Crippen LogP contribution in [0.2, 0.25) is 0 Å². The monoisotopic (exact) mass is 439 g/mol. The lowest BCUT2D eigenvalue weighted by atomic mass is 9.50. The second-order valence-corrected chi connectivity index (χ2v) is 11.0. The van der Waals surface area contributed by atoms with Crippen molar-refractivity contribution in [3.8, 4) is 5.75 Å². The summed E-state index contributed by atoms with van der Waals surface area (Å²) in [6.07, 6.45) is 1.61. The molecule has 172 valence electrons. The van der Waals surface area contributed by atoms with E-state index in [0.717, 1.165) is 55.2 Å². The van der Waals surface area contributed by atoms with E-state index in [1.807, 2.05) is 20.8 Å². The summed E-state index contributed by atoms with van der Waals surface area (Å²) in [4.78, 5) is 11.2.